The van der Waals surface area contributed by atoms with E-state index in [0.29, 0.717) is 16.3 Å². The van der Waals surface area contributed by atoms with Crippen molar-refractivity contribution in [2.24, 2.45) is 0 Å². The van der Waals surface area contributed by atoms with Crippen LogP contribution in [0.15, 0.2) is 42.5 Å². The van der Waals surface area contributed by atoms with Crippen LogP contribution in [-0.2, 0) is 0 Å². The summed E-state index contributed by atoms with van der Waals surface area (Å²) >= 11 is 8.06. The van der Waals surface area contributed by atoms with Crippen molar-refractivity contribution in [3.05, 3.63) is 56.6 Å². The van der Waals surface area contributed by atoms with Crippen LogP contribution in [0.3, 0.4) is 0 Å². The fraction of sp³-hybridized carbons (Fsp3) is 0. The van der Waals surface area contributed by atoms with Crippen LogP contribution >= 0.6 is 34.2 Å². The van der Waals surface area contributed by atoms with E-state index in [1.165, 1.54) is 0 Å². The summed E-state index contributed by atoms with van der Waals surface area (Å²) in [6.07, 6.45) is 0. The Bertz CT molecular complexity index is 601. The molecule has 0 saturated carbocycles. The van der Waals surface area contributed by atoms with Gasteiger partial charge in [-0.1, -0.05) is 23.7 Å². The first kappa shape index (κ1) is 13.2. The molecule has 18 heavy (non-hydrogen) atoms. The Morgan fingerprint density at radius 3 is 2.67 bits per heavy atom. The minimum absolute atomic E-state index is 0.267. The van der Waals surface area contributed by atoms with Crippen LogP contribution in [0.4, 0.5) is 11.4 Å². The SMILES string of the molecule is Nc1c(Cl)cccc1C(=O)Nc1cccc(I)c1. The lowest BCUT2D eigenvalue weighted by Gasteiger charge is -2.08. The molecule has 2 rings (SSSR count). The van der Waals surface area contributed by atoms with Crippen molar-refractivity contribution in [1.82, 2.24) is 0 Å². The van der Waals surface area contributed by atoms with Gasteiger partial charge in [-0.25, -0.2) is 0 Å². The molecule has 0 aromatic heterocycles. The third kappa shape index (κ3) is 2.94. The molecule has 92 valence electrons. The number of nitrogens with two attached hydrogens (primary N) is 1. The normalized spacial score (nSPS) is 10.1. The van der Waals surface area contributed by atoms with Crippen molar-refractivity contribution in [2.75, 3.05) is 11.1 Å². The summed E-state index contributed by atoms with van der Waals surface area (Å²) in [7, 11) is 0. The van der Waals surface area contributed by atoms with Gasteiger partial charge >= 0.3 is 0 Å². The molecule has 0 radical (unpaired) electrons. The molecule has 0 aliphatic carbocycles. The topological polar surface area (TPSA) is 55.1 Å². The molecule has 3 nitrogen and oxygen atoms in total. The molecule has 0 spiro atoms. The largest absolute Gasteiger partial charge is 0.397 e. The predicted molar refractivity (Wildman–Crippen MR) is 83.0 cm³/mol. The van der Waals surface area contributed by atoms with Crippen molar-refractivity contribution in [2.45, 2.75) is 0 Å². The number of benzene rings is 2. The van der Waals surface area contributed by atoms with Crippen LogP contribution in [0, 0.1) is 3.57 Å². The summed E-state index contributed by atoms with van der Waals surface area (Å²) in [5.41, 5.74) is 7.17. The van der Waals surface area contributed by atoms with Crippen LogP contribution < -0.4 is 11.1 Å². The Labute approximate surface area is 123 Å². The Morgan fingerprint density at radius 1 is 1.22 bits per heavy atom. The van der Waals surface area contributed by atoms with E-state index < -0.39 is 0 Å². The lowest BCUT2D eigenvalue weighted by Crippen LogP contribution is -2.14. The summed E-state index contributed by atoms with van der Waals surface area (Å²) in [6.45, 7) is 0. The molecular formula is C13H10ClIN2O. The second-order valence-electron chi connectivity index (χ2n) is 3.67. The van der Waals surface area contributed by atoms with Crippen LogP contribution in [0.25, 0.3) is 0 Å². The first-order chi connectivity index (χ1) is 8.58. The summed E-state index contributed by atoms with van der Waals surface area (Å²) in [5, 5.41) is 3.16. The first-order valence-corrected chi connectivity index (χ1v) is 6.64. The van der Waals surface area contributed by atoms with Gasteiger partial charge in [0.25, 0.3) is 5.91 Å². The Hall–Kier alpha value is -1.27. The molecule has 0 aliphatic heterocycles. The predicted octanol–water partition coefficient (Wildman–Crippen LogP) is 3.78. The average molecular weight is 373 g/mol. The molecule has 0 fully saturated rings. The zero-order valence-electron chi connectivity index (χ0n) is 9.28. The van der Waals surface area contributed by atoms with Crippen molar-refractivity contribution >= 4 is 51.5 Å². The fourth-order valence-electron chi connectivity index (χ4n) is 1.50. The number of carbonyl (C=O) groups excluding carboxylic acids is 1. The maximum Gasteiger partial charge on any atom is 0.257 e. The zero-order valence-corrected chi connectivity index (χ0v) is 12.2. The van der Waals surface area contributed by atoms with Gasteiger partial charge in [0.2, 0.25) is 0 Å². The molecule has 0 saturated heterocycles. The summed E-state index contributed by atoms with van der Waals surface area (Å²) in [4.78, 5) is 12.0. The lowest BCUT2D eigenvalue weighted by atomic mass is 10.1. The van der Waals surface area contributed by atoms with Crippen LogP contribution in [0.2, 0.25) is 5.02 Å². The van der Waals surface area contributed by atoms with Gasteiger partial charge < -0.3 is 11.1 Å². The van der Waals surface area contributed by atoms with E-state index in [2.05, 4.69) is 27.9 Å². The molecule has 0 bridgehead atoms. The third-order valence-corrected chi connectivity index (χ3v) is 3.38. The highest BCUT2D eigenvalue weighted by atomic mass is 127. The maximum absolute atomic E-state index is 12.0. The van der Waals surface area contributed by atoms with Gasteiger partial charge in [0, 0.05) is 9.26 Å². The lowest BCUT2D eigenvalue weighted by molar-refractivity contribution is 0.102. The van der Waals surface area contributed by atoms with E-state index in [4.69, 9.17) is 17.3 Å². The smallest absolute Gasteiger partial charge is 0.257 e. The van der Waals surface area contributed by atoms with Crippen molar-refractivity contribution in [3.63, 3.8) is 0 Å². The highest BCUT2D eigenvalue weighted by molar-refractivity contribution is 14.1. The summed E-state index contributed by atoms with van der Waals surface area (Å²) < 4.78 is 1.05. The number of amides is 1. The standard InChI is InChI=1S/C13H10ClIN2O/c14-11-6-2-5-10(12(11)16)13(18)17-9-4-1-3-8(15)7-9/h1-7H,16H2,(H,17,18). The first-order valence-electron chi connectivity index (χ1n) is 5.19. The van der Waals surface area contributed by atoms with Gasteiger partial charge in [-0.15, -0.1) is 0 Å². The number of para-hydroxylation sites is 1. The van der Waals surface area contributed by atoms with Gasteiger partial charge in [-0.3, -0.25) is 4.79 Å². The number of hydrogen-bond acceptors (Lipinski definition) is 2. The minimum Gasteiger partial charge on any atom is -0.397 e. The Balaban J connectivity index is 2.25. The van der Waals surface area contributed by atoms with E-state index in [9.17, 15) is 4.79 Å². The molecule has 0 aliphatic rings. The van der Waals surface area contributed by atoms with E-state index in [-0.39, 0.29) is 5.91 Å². The maximum atomic E-state index is 12.0. The number of halogens is 2. The van der Waals surface area contributed by atoms with Crippen LogP contribution in [-0.4, -0.2) is 5.91 Å². The molecule has 2 aromatic carbocycles. The molecule has 2 aromatic rings. The van der Waals surface area contributed by atoms with E-state index in [1.54, 1.807) is 18.2 Å². The number of rotatable bonds is 2. The third-order valence-electron chi connectivity index (χ3n) is 2.38. The van der Waals surface area contributed by atoms with Crippen LogP contribution in [0.1, 0.15) is 10.4 Å². The molecule has 0 atom stereocenters. The number of nitrogen functional groups attached to an aromatic ring is 1. The van der Waals surface area contributed by atoms with Crippen molar-refractivity contribution < 1.29 is 4.79 Å². The van der Waals surface area contributed by atoms with Crippen LogP contribution in [0.5, 0.6) is 0 Å². The monoisotopic (exact) mass is 372 g/mol. The number of anilines is 2. The number of nitrogens with one attached hydrogen (secondary N) is 1. The molecule has 5 heteroatoms. The molecule has 0 heterocycles. The number of hydrogen-bond donors (Lipinski definition) is 2. The van der Waals surface area contributed by atoms with Gasteiger partial charge in [0.1, 0.15) is 0 Å². The second kappa shape index (κ2) is 5.58. The zero-order chi connectivity index (χ0) is 13.1. The quantitative estimate of drug-likeness (QED) is 0.623. The molecule has 1 amide bonds. The fourth-order valence-corrected chi connectivity index (χ4v) is 2.22. The number of carbonyl (C=O) groups is 1. The van der Waals surface area contributed by atoms with Gasteiger partial charge in [0.05, 0.1) is 16.3 Å². The second-order valence-corrected chi connectivity index (χ2v) is 5.32. The highest BCUT2D eigenvalue weighted by Gasteiger charge is 2.11. The van der Waals surface area contributed by atoms with Gasteiger partial charge in [-0.2, -0.15) is 0 Å². The Kier molecular flexibility index (Phi) is 4.08. The highest BCUT2D eigenvalue weighted by Crippen LogP contribution is 2.23. The Morgan fingerprint density at radius 2 is 1.94 bits per heavy atom. The van der Waals surface area contributed by atoms with Crippen molar-refractivity contribution in [3.8, 4) is 0 Å². The minimum atomic E-state index is -0.267. The molecule has 0 unspecified atom stereocenters. The van der Waals surface area contributed by atoms with Crippen molar-refractivity contribution in [1.29, 1.82) is 0 Å². The van der Waals surface area contributed by atoms with E-state index >= 15 is 0 Å². The van der Waals surface area contributed by atoms with Gasteiger partial charge in [-0.05, 0) is 52.9 Å². The summed E-state index contributed by atoms with van der Waals surface area (Å²) in [5.74, 6) is -0.267. The summed E-state index contributed by atoms with van der Waals surface area (Å²) in [6, 6.07) is 12.5. The van der Waals surface area contributed by atoms with Gasteiger partial charge in [0.15, 0.2) is 0 Å². The average Bonchev–Trinajstić information content (AvgIpc) is 2.32. The van der Waals surface area contributed by atoms with E-state index in [1.807, 2.05) is 24.3 Å². The van der Waals surface area contributed by atoms with E-state index in [0.717, 1.165) is 9.26 Å². The molecule has 3 N–H and O–H groups in total. The molecular weight excluding hydrogens is 363 g/mol.